The SMILES string of the molecule is O=C(O)Nc1cc(C(O)CCC2CC2)ccc1F. The molecule has 0 bridgehead atoms. The number of amides is 1. The normalized spacial score (nSPS) is 16.3. The first kappa shape index (κ1) is 12.8. The third-order valence-corrected chi connectivity index (χ3v) is 3.16. The van der Waals surface area contributed by atoms with Gasteiger partial charge in [0, 0.05) is 0 Å². The highest BCUT2D eigenvalue weighted by Crippen LogP contribution is 2.36. The van der Waals surface area contributed by atoms with Gasteiger partial charge in [-0.15, -0.1) is 0 Å². The molecule has 1 aromatic carbocycles. The molecular formula is C13H16FNO3. The van der Waals surface area contributed by atoms with Gasteiger partial charge >= 0.3 is 6.09 Å². The van der Waals surface area contributed by atoms with Crippen LogP contribution < -0.4 is 5.32 Å². The highest BCUT2D eigenvalue weighted by atomic mass is 19.1. The number of halogens is 1. The van der Waals surface area contributed by atoms with E-state index in [1.54, 1.807) is 0 Å². The molecule has 5 heteroatoms. The van der Waals surface area contributed by atoms with E-state index in [2.05, 4.69) is 0 Å². The molecule has 0 aromatic heterocycles. The average Bonchev–Trinajstić information content (AvgIpc) is 3.12. The summed E-state index contributed by atoms with van der Waals surface area (Å²) in [5.74, 6) is 0.0762. The van der Waals surface area contributed by atoms with Crippen LogP contribution in [0, 0.1) is 11.7 Å². The monoisotopic (exact) mass is 253 g/mol. The maximum absolute atomic E-state index is 13.3. The smallest absolute Gasteiger partial charge is 0.409 e. The van der Waals surface area contributed by atoms with Crippen molar-refractivity contribution in [2.45, 2.75) is 31.8 Å². The molecule has 1 amide bonds. The fourth-order valence-corrected chi connectivity index (χ4v) is 1.93. The molecule has 1 atom stereocenters. The zero-order valence-corrected chi connectivity index (χ0v) is 9.90. The van der Waals surface area contributed by atoms with Crippen molar-refractivity contribution in [3.63, 3.8) is 0 Å². The molecule has 1 fully saturated rings. The van der Waals surface area contributed by atoms with E-state index in [0.717, 1.165) is 12.3 Å². The van der Waals surface area contributed by atoms with Gasteiger partial charge in [0.1, 0.15) is 5.82 Å². The van der Waals surface area contributed by atoms with Crippen LogP contribution >= 0.6 is 0 Å². The summed E-state index contributed by atoms with van der Waals surface area (Å²) in [6.45, 7) is 0. The molecule has 4 nitrogen and oxygen atoms in total. The Morgan fingerprint density at radius 1 is 1.50 bits per heavy atom. The summed E-state index contributed by atoms with van der Waals surface area (Å²) in [7, 11) is 0. The van der Waals surface area contributed by atoms with Gasteiger partial charge in [-0.25, -0.2) is 9.18 Å². The minimum Gasteiger partial charge on any atom is -0.465 e. The van der Waals surface area contributed by atoms with Crippen LogP contribution in [-0.4, -0.2) is 16.3 Å². The summed E-state index contributed by atoms with van der Waals surface area (Å²) in [6, 6.07) is 4.00. The quantitative estimate of drug-likeness (QED) is 0.755. The molecule has 0 aliphatic heterocycles. The molecular weight excluding hydrogens is 237 g/mol. The Balaban J connectivity index is 2.04. The molecule has 1 aromatic rings. The van der Waals surface area contributed by atoms with Gasteiger partial charge in [0.05, 0.1) is 11.8 Å². The Morgan fingerprint density at radius 3 is 2.83 bits per heavy atom. The van der Waals surface area contributed by atoms with Crippen molar-refractivity contribution < 1.29 is 19.4 Å². The van der Waals surface area contributed by atoms with Crippen LogP contribution in [0.4, 0.5) is 14.9 Å². The van der Waals surface area contributed by atoms with Gasteiger partial charge in [0.2, 0.25) is 0 Å². The summed E-state index contributed by atoms with van der Waals surface area (Å²) < 4.78 is 13.3. The largest absolute Gasteiger partial charge is 0.465 e. The summed E-state index contributed by atoms with van der Waals surface area (Å²) >= 11 is 0. The third-order valence-electron chi connectivity index (χ3n) is 3.16. The second kappa shape index (κ2) is 5.35. The summed E-state index contributed by atoms with van der Waals surface area (Å²) in [5.41, 5.74) is 0.422. The molecule has 0 heterocycles. The molecule has 98 valence electrons. The lowest BCUT2D eigenvalue weighted by atomic mass is 10.0. The van der Waals surface area contributed by atoms with Gasteiger partial charge in [0.25, 0.3) is 0 Å². The van der Waals surface area contributed by atoms with Crippen molar-refractivity contribution >= 4 is 11.8 Å². The second-order valence-corrected chi connectivity index (χ2v) is 4.71. The number of hydrogen-bond acceptors (Lipinski definition) is 2. The predicted molar refractivity (Wildman–Crippen MR) is 65.0 cm³/mol. The summed E-state index contributed by atoms with van der Waals surface area (Å²) in [4.78, 5) is 10.5. The van der Waals surface area contributed by atoms with Gasteiger partial charge in [-0.3, -0.25) is 5.32 Å². The first-order valence-electron chi connectivity index (χ1n) is 6.03. The van der Waals surface area contributed by atoms with Crippen LogP contribution in [0.15, 0.2) is 18.2 Å². The van der Waals surface area contributed by atoms with E-state index in [1.807, 2.05) is 5.32 Å². The van der Waals surface area contributed by atoms with Crippen LogP contribution in [-0.2, 0) is 0 Å². The Kier molecular flexibility index (Phi) is 3.81. The lowest BCUT2D eigenvalue weighted by molar-refractivity contribution is 0.162. The van der Waals surface area contributed by atoms with E-state index in [4.69, 9.17) is 5.11 Å². The Morgan fingerprint density at radius 2 is 2.22 bits per heavy atom. The van der Waals surface area contributed by atoms with Gasteiger partial charge in [-0.05, 0) is 36.5 Å². The maximum Gasteiger partial charge on any atom is 0.409 e. The molecule has 18 heavy (non-hydrogen) atoms. The molecule has 0 spiro atoms. The number of aliphatic hydroxyl groups excluding tert-OH is 1. The number of anilines is 1. The minimum absolute atomic E-state index is 0.120. The van der Waals surface area contributed by atoms with E-state index in [9.17, 15) is 14.3 Å². The lowest BCUT2D eigenvalue weighted by Crippen LogP contribution is -2.10. The molecule has 3 N–H and O–H groups in total. The van der Waals surface area contributed by atoms with Gasteiger partial charge in [0.15, 0.2) is 0 Å². The maximum atomic E-state index is 13.3. The number of carbonyl (C=O) groups is 1. The number of rotatable bonds is 5. The zero-order valence-electron chi connectivity index (χ0n) is 9.90. The molecule has 0 saturated heterocycles. The van der Waals surface area contributed by atoms with Crippen molar-refractivity contribution in [1.82, 2.24) is 0 Å². The van der Waals surface area contributed by atoms with E-state index in [0.29, 0.717) is 12.0 Å². The zero-order chi connectivity index (χ0) is 13.1. The van der Waals surface area contributed by atoms with E-state index in [-0.39, 0.29) is 5.69 Å². The number of hydrogen-bond donors (Lipinski definition) is 3. The Bertz CT molecular complexity index is 446. The van der Waals surface area contributed by atoms with Crippen LogP contribution in [0.5, 0.6) is 0 Å². The number of benzene rings is 1. The second-order valence-electron chi connectivity index (χ2n) is 4.71. The summed E-state index contributed by atoms with van der Waals surface area (Å²) in [5, 5.41) is 20.5. The number of aliphatic hydroxyl groups is 1. The van der Waals surface area contributed by atoms with E-state index in [1.165, 1.54) is 31.0 Å². The summed E-state index contributed by atoms with van der Waals surface area (Å²) in [6.07, 6.45) is 2.05. The molecule has 1 saturated carbocycles. The minimum atomic E-state index is -1.32. The third kappa shape index (κ3) is 3.43. The molecule has 0 radical (unpaired) electrons. The highest BCUT2D eigenvalue weighted by Gasteiger charge is 2.22. The predicted octanol–water partition coefficient (Wildman–Crippen LogP) is 3.14. The van der Waals surface area contributed by atoms with Crippen molar-refractivity contribution in [2.24, 2.45) is 5.92 Å². The van der Waals surface area contributed by atoms with Crippen molar-refractivity contribution in [3.8, 4) is 0 Å². The van der Waals surface area contributed by atoms with Gasteiger partial charge < -0.3 is 10.2 Å². The van der Waals surface area contributed by atoms with E-state index < -0.39 is 18.0 Å². The standard InChI is InChI=1S/C13H16FNO3/c14-10-5-4-9(7-11(10)15-13(17)18)12(16)6-3-8-1-2-8/h4-5,7-8,12,15-16H,1-3,6H2,(H,17,18). The molecule has 1 aliphatic carbocycles. The fraction of sp³-hybridized carbons (Fsp3) is 0.462. The van der Waals surface area contributed by atoms with Crippen molar-refractivity contribution in [2.75, 3.05) is 5.32 Å². The van der Waals surface area contributed by atoms with Crippen molar-refractivity contribution in [3.05, 3.63) is 29.6 Å². The molecule has 2 rings (SSSR count). The van der Waals surface area contributed by atoms with Gasteiger partial charge in [-0.1, -0.05) is 18.9 Å². The van der Waals surface area contributed by atoms with Crippen LogP contribution in [0.1, 0.15) is 37.4 Å². The number of carboxylic acid groups (broad SMARTS) is 1. The highest BCUT2D eigenvalue weighted by molar-refractivity contribution is 5.83. The average molecular weight is 253 g/mol. The van der Waals surface area contributed by atoms with E-state index >= 15 is 0 Å². The molecule has 1 aliphatic rings. The van der Waals surface area contributed by atoms with Crippen LogP contribution in [0.2, 0.25) is 0 Å². The first-order chi connectivity index (χ1) is 8.56. The van der Waals surface area contributed by atoms with Crippen LogP contribution in [0.3, 0.4) is 0 Å². The Labute approximate surface area is 104 Å². The number of nitrogens with one attached hydrogen (secondary N) is 1. The van der Waals surface area contributed by atoms with Crippen LogP contribution in [0.25, 0.3) is 0 Å². The molecule has 1 unspecified atom stereocenters. The van der Waals surface area contributed by atoms with Gasteiger partial charge in [-0.2, -0.15) is 0 Å². The van der Waals surface area contributed by atoms with Crippen molar-refractivity contribution in [1.29, 1.82) is 0 Å². The topological polar surface area (TPSA) is 69.6 Å². The first-order valence-corrected chi connectivity index (χ1v) is 6.03. The Hall–Kier alpha value is -1.62. The lowest BCUT2D eigenvalue weighted by Gasteiger charge is -2.12. The fourth-order valence-electron chi connectivity index (χ4n) is 1.93.